The molecular weight excluding hydrogens is 829 g/mol. The summed E-state index contributed by atoms with van der Waals surface area (Å²) >= 11 is 0. The number of carbonyl (C=O) groups excluding carboxylic acids is 3. The highest BCUT2D eigenvalue weighted by Gasteiger charge is 2.19. The maximum absolute atomic E-state index is 12.9. The zero-order valence-corrected chi connectivity index (χ0v) is 45.2. The van der Waals surface area contributed by atoms with Crippen molar-refractivity contribution in [2.24, 2.45) is 0 Å². The molecule has 0 amide bonds. The summed E-state index contributed by atoms with van der Waals surface area (Å²) in [6.45, 7) is 6.68. The molecular formula is C61H114O6. The molecule has 67 heavy (non-hydrogen) atoms. The number of rotatable bonds is 55. The van der Waals surface area contributed by atoms with Crippen LogP contribution >= 0.6 is 0 Å². The van der Waals surface area contributed by atoms with Gasteiger partial charge in [-0.15, -0.1) is 0 Å². The van der Waals surface area contributed by atoms with Crippen molar-refractivity contribution in [2.45, 2.75) is 335 Å². The van der Waals surface area contributed by atoms with Gasteiger partial charge in [0.05, 0.1) is 0 Å². The zero-order valence-electron chi connectivity index (χ0n) is 45.2. The highest BCUT2D eigenvalue weighted by Crippen LogP contribution is 2.17. The van der Waals surface area contributed by atoms with Gasteiger partial charge in [0.1, 0.15) is 13.2 Å². The summed E-state index contributed by atoms with van der Waals surface area (Å²) < 4.78 is 16.9. The summed E-state index contributed by atoms with van der Waals surface area (Å²) in [5.74, 6) is -0.857. The molecule has 0 aliphatic rings. The minimum Gasteiger partial charge on any atom is -0.462 e. The first-order chi connectivity index (χ1) is 33.0. The second-order valence-corrected chi connectivity index (χ2v) is 20.3. The van der Waals surface area contributed by atoms with Crippen molar-refractivity contribution in [3.05, 3.63) is 24.3 Å². The van der Waals surface area contributed by atoms with Gasteiger partial charge in [0.15, 0.2) is 6.10 Å². The van der Waals surface area contributed by atoms with Crippen molar-refractivity contribution in [1.29, 1.82) is 0 Å². The maximum Gasteiger partial charge on any atom is 0.306 e. The van der Waals surface area contributed by atoms with Crippen molar-refractivity contribution in [1.82, 2.24) is 0 Å². The molecule has 0 aromatic rings. The van der Waals surface area contributed by atoms with E-state index in [1.807, 2.05) is 0 Å². The van der Waals surface area contributed by atoms with Crippen LogP contribution in [-0.4, -0.2) is 37.2 Å². The largest absolute Gasteiger partial charge is 0.462 e. The quantitative estimate of drug-likeness (QED) is 0.0262. The third kappa shape index (κ3) is 54.7. The summed E-state index contributed by atoms with van der Waals surface area (Å²) in [6.07, 6.45) is 65.9. The summed E-state index contributed by atoms with van der Waals surface area (Å²) in [4.78, 5) is 38.2. The molecule has 6 heteroatoms. The molecule has 1 atom stereocenters. The Kier molecular flexibility index (Phi) is 54.7. The number of esters is 3. The SMILES string of the molecule is CCCCCCCCC=CCCCCCCCCCC(=O)OCC(COC(=O)CCCCCCCCCCCCCCCCC)OC(=O)CCCCCCCCCC=CCCCCCCCC. The molecule has 0 aliphatic heterocycles. The van der Waals surface area contributed by atoms with Gasteiger partial charge in [-0.3, -0.25) is 14.4 Å². The maximum atomic E-state index is 12.9. The molecule has 0 saturated carbocycles. The monoisotopic (exact) mass is 943 g/mol. The Morgan fingerprint density at radius 2 is 0.493 bits per heavy atom. The van der Waals surface area contributed by atoms with Gasteiger partial charge in [-0.1, -0.05) is 263 Å². The average molecular weight is 944 g/mol. The molecule has 0 rings (SSSR count). The topological polar surface area (TPSA) is 78.9 Å². The summed E-state index contributed by atoms with van der Waals surface area (Å²) in [5, 5.41) is 0. The molecule has 0 radical (unpaired) electrons. The van der Waals surface area contributed by atoms with E-state index in [4.69, 9.17) is 14.2 Å². The first kappa shape index (κ1) is 64.9. The van der Waals surface area contributed by atoms with Crippen LogP contribution in [0.15, 0.2) is 24.3 Å². The van der Waals surface area contributed by atoms with Crippen molar-refractivity contribution in [2.75, 3.05) is 13.2 Å². The van der Waals surface area contributed by atoms with Gasteiger partial charge in [-0.05, 0) is 70.6 Å². The third-order valence-electron chi connectivity index (χ3n) is 13.4. The van der Waals surface area contributed by atoms with E-state index >= 15 is 0 Å². The molecule has 0 saturated heterocycles. The van der Waals surface area contributed by atoms with E-state index in [0.717, 1.165) is 57.8 Å². The van der Waals surface area contributed by atoms with Crippen LogP contribution in [0, 0.1) is 0 Å². The van der Waals surface area contributed by atoms with Gasteiger partial charge in [-0.25, -0.2) is 0 Å². The predicted molar refractivity (Wildman–Crippen MR) is 289 cm³/mol. The minimum absolute atomic E-state index is 0.0697. The first-order valence-electron chi connectivity index (χ1n) is 29.8. The molecule has 0 aliphatic carbocycles. The molecule has 0 N–H and O–H groups in total. The number of unbranched alkanes of at least 4 members (excludes halogenated alkanes) is 40. The van der Waals surface area contributed by atoms with Gasteiger partial charge in [0.25, 0.3) is 0 Å². The van der Waals surface area contributed by atoms with Crippen LogP contribution in [0.1, 0.15) is 329 Å². The van der Waals surface area contributed by atoms with Crippen molar-refractivity contribution in [3.63, 3.8) is 0 Å². The Hall–Kier alpha value is -2.11. The Balaban J connectivity index is 4.34. The number of carbonyl (C=O) groups is 3. The molecule has 0 spiro atoms. The van der Waals surface area contributed by atoms with Crippen LogP contribution in [0.2, 0.25) is 0 Å². The number of ether oxygens (including phenoxy) is 3. The second-order valence-electron chi connectivity index (χ2n) is 20.3. The van der Waals surface area contributed by atoms with Gasteiger partial charge < -0.3 is 14.2 Å². The molecule has 394 valence electrons. The highest BCUT2D eigenvalue weighted by atomic mass is 16.6. The van der Waals surface area contributed by atoms with E-state index < -0.39 is 6.10 Å². The van der Waals surface area contributed by atoms with Gasteiger partial charge in [0.2, 0.25) is 0 Å². The highest BCUT2D eigenvalue weighted by molar-refractivity contribution is 5.71. The van der Waals surface area contributed by atoms with Crippen molar-refractivity contribution < 1.29 is 28.6 Å². The second kappa shape index (κ2) is 56.5. The smallest absolute Gasteiger partial charge is 0.306 e. The standard InChI is InChI=1S/C61H114O6/c1-4-7-10-13-16-19-22-25-28-30-33-36-39-42-45-48-51-54-60(63)66-57-58(56-65-59(62)53-50-47-44-41-38-35-32-27-24-21-18-15-12-9-6-3)67-61(64)55-52-49-46-43-40-37-34-31-29-26-23-20-17-14-11-8-5-2/h25-26,28-29,58H,4-24,27,30-57H2,1-3H3. The van der Waals surface area contributed by atoms with Crippen molar-refractivity contribution in [3.8, 4) is 0 Å². The Labute approximate surface area is 417 Å². The Bertz CT molecular complexity index is 1080. The van der Waals surface area contributed by atoms with E-state index in [1.165, 1.54) is 231 Å². The van der Waals surface area contributed by atoms with Crippen LogP contribution < -0.4 is 0 Å². The molecule has 0 heterocycles. The van der Waals surface area contributed by atoms with Crippen LogP contribution in [0.4, 0.5) is 0 Å². The first-order valence-corrected chi connectivity index (χ1v) is 29.8. The van der Waals surface area contributed by atoms with E-state index in [9.17, 15) is 14.4 Å². The van der Waals surface area contributed by atoms with E-state index in [-0.39, 0.29) is 31.1 Å². The molecule has 0 bridgehead atoms. The zero-order chi connectivity index (χ0) is 48.6. The minimum atomic E-state index is -0.772. The summed E-state index contributed by atoms with van der Waals surface area (Å²) in [7, 11) is 0. The Morgan fingerprint density at radius 3 is 0.746 bits per heavy atom. The lowest BCUT2D eigenvalue weighted by Gasteiger charge is -2.18. The molecule has 0 fully saturated rings. The number of hydrogen-bond donors (Lipinski definition) is 0. The normalized spacial score (nSPS) is 12.1. The molecule has 1 unspecified atom stereocenters. The van der Waals surface area contributed by atoms with Crippen LogP contribution in [0.25, 0.3) is 0 Å². The van der Waals surface area contributed by atoms with Crippen molar-refractivity contribution >= 4 is 17.9 Å². The van der Waals surface area contributed by atoms with Gasteiger partial charge >= 0.3 is 17.9 Å². The average Bonchev–Trinajstić information content (AvgIpc) is 3.33. The van der Waals surface area contributed by atoms with Crippen LogP contribution in [0.5, 0.6) is 0 Å². The fourth-order valence-corrected chi connectivity index (χ4v) is 8.91. The van der Waals surface area contributed by atoms with E-state index in [0.29, 0.717) is 19.3 Å². The molecule has 6 nitrogen and oxygen atoms in total. The molecule has 0 aromatic heterocycles. The summed E-state index contributed by atoms with van der Waals surface area (Å²) in [6, 6.07) is 0. The lowest BCUT2D eigenvalue weighted by atomic mass is 10.0. The third-order valence-corrected chi connectivity index (χ3v) is 13.4. The number of allylic oxidation sites excluding steroid dienone is 4. The predicted octanol–water partition coefficient (Wildman–Crippen LogP) is 19.9. The fourth-order valence-electron chi connectivity index (χ4n) is 8.91. The van der Waals surface area contributed by atoms with E-state index in [1.54, 1.807) is 0 Å². The van der Waals surface area contributed by atoms with Gasteiger partial charge in [0, 0.05) is 19.3 Å². The fraction of sp³-hybridized carbons (Fsp3) is 0.885. The lowest BCUT2D eigenvalue weighted by Crippen LogP contribution is -2.30. The van der Waals surface area contributed by atoms with E-state index in [2.05, 4.69) is 45.1 Å². The van der Waals surface area contributed by atoms with Gasteiger partial charge in [-0.2, -0.15) is 0 Å². The lowest BCUT2D eigenvalue weighted by molar-refractivity contribution is -0.167. The Morgan fingerprint density at radius 1 is 0.284 bits per heavy atom. The number of hydrogen-bond acceptors (Lipinski definition) is 6. The molecule has 0 aromatic carbocycles. The van der Waals surface area contributed by atoms with Crippen LogP contribution in [0.3, 0.4) is 0 Å². The summed E-state index contributed by atoms with van der Waals surface area (Å²) in [5.41, 5.74) is 0. The van der Waals surface area contributed by atoms with Crippen LogP contribution in [-0.2, 0) is 28.6 Å².